The summed E-state index contributed by atoms with van der Waals surface area (Å²) in [6.07, 6.45) is 6.15. The zero-order chi connectivity index (χ0) is 21.7. The number of carbonyl (C=O) groups is 2. The van der Waals surface area contributed by atoms with Crippen LogP contribution in [0.3, 0.4) is 0 Å². The molecule has 0 unspecified atom stereocenters. The highest BCUT2D eigenvalue weighted by Gasteiger charge is 2.21. The topological polar surface area (TPSA) is 96.4 Å². The van der Waals surface area contributed by atoms with Crippen molar-refractivity contribution in [1.82, 2.24) is 9.29 Å². The lowest BCUT2D eigenvalue weighted by molar-refractivity contribution is -0.116. The van der Waals surface area contributed by atoms with Gasteiger partial charge >= 0.3 is 0 Å². The van der Waals surface area contributed by atoms with Gasteiger partial charge in [-0.3, -0.25) is 9.59 Å². The van der Waals surface area contributed by atoms with Crippen LogP contribution >= 0.6 is 11.3 Å². The molecule has 0 spiro atoms. The van der Waals surface area contributed by atoms with Gasteiger partial charge in [-0.05, 0) is 51.2 Å². The van der Waals surface area contributed by atoms with E-state index in [2.05, 4.69) is 10.3 Å². The number of rotatable bonds is 8. The number of ketones is 1. The molecule has 1 amide bonds. The van der Waals surface area contributed by atoms with Crippen LogP contribution in [0.15, 0.2) is 29.2 Å². The number of sulfonamides is 1. The molecule has 0 aliphatic heterocycles. The zero-order valence-corrected chi connectivity index (χ0v) is 18.9. The Morgan fingerprint density at radius 1 is 1.13 bits per heavy atom. The Morgan fingerprint density at radius 2 is 1.83 bits per heavy atom. The average molecular weight is 450 g/mol. The number of nitrogens with one attached hydrogen (secondary N) is 1. The van der Waals surface area contributed by atoms with Gasteiger partial charge in [-0.2, -0.15) is 0 Å². The maximum atomic E-state index is 12.7. The molecule has 0 bridgehead atoms. The van der Waals surface area contributed by atoms with E-state index in [-0.39, 0.29) is 29.6 Å². The fraction of sp³-hybridized carbons (Fsp3) is 0.476. The first-order valence-electron chi connectivity index (χ1n) is 10.1. The number of carbonyl (C=O) groups excluding carboxylic acids is 2. The predicted molar refractivity (Wildman–Crippen MR) is 117 cm³/mol. The van der Waals surface area contributed by atoms with E-state index in [0.29, 0.717) is 17.1 Å². The van der Waals surface area contributed by atoms with Gasteiger partial charge in [0.05, 0.1) is 10.6 Å². The Morgan fingerprint density at radius 3 is 2.53 bits per heavy atom. The minimum absolute atomic E-state index is 0.116. The van der Waals surface area contributed by atoms with E-state index in [4.69, 9.17) is 0 Å². The first kappa shape index (κ1) is 22.6. The van der Waals surface area contributed by atoms with E-state index in [1.165, 1.54) is 60.3 Å². The number of Topliss-reactive ketones (excluding diaryl/α,β-unsaturated/α-hetero) is 1. The number of aryl methyl sites for hydroxylation is 2. The molecule has 1 N–H and O–H groups in total. The van der Waals surface area contributed by atoms with Crippen molar-refractivity contribution in [2.45, 2.75) is 56.8 Å². The summed E-state index contributed by atoms with van der Waals surface area (Å²) in [5, 5.41) is 3.49. The Balaban J connectivity index is 1.50. The molecule has 3 rings (SSSR count). The van der Waals surface area contributed by atoms with Crippen LogP contribution in [0, 0.1) is 0 Å². The second-order valence-corrected chi connectivity index (χ2v) is 10.6. The fourth-order valence-corrected chi connectivity index (χ4v) is 5.66. The molecule has 0 fully saturated rings. The number of thiazole rings is 1. The standard InChI is InChI=1S/C21H27N3O4S2/c1-15(25)16-10-12-17(13-11-16)30(27,28)24(2)14-6-9-20(26)23-21-22-18-7-4-3-5-8-19(18)29-21/h10-13H,3-9,14H2,1-2H3,(H,22,23,26). The van der Waals surface area contributed by atoms with Gasteiger partial charge in [0, 0.05) is 30.5 Å². The summed E-state index contributed by atoms with van der Waals surface area (Å²) in [6, 6.07) is 5.88. The first-order chi connectivity index (χ1) is 14.3. The van der Waals surface area contributed by atoms with Crippen LogP contribution in [0.5, 0.6) is 0 Å². The molecule has 2 aromatic rings. The molecule has 0 saturated carbocycles. The number of anilines is 1. The summed E-state index contributed by atoms with van der Waals surface area (Å²) in [7, 11) is -2.17. The van der Waals surface area contributed by atoms with Gasteiger partial charge in [0.2, 0.25) is 15.9 Å². The highest BCUT2D eigenvalue weighted by molar-refractivity contribution is 7.89. The third-order valence-corrected chi connectivity index (χ3v) is 8.13. The van der Waals surface area contributed by atoms with Gasteiger partial charge in [0.1, 0.15) is 0 Å². The average Bonchev–Trinajstić information content (AvgIpc) is 2.95. The lowest BCUT2D eigenvalue weighted by Crippen LogP contribution is -2.28. The van der Waals surface area contributed by atoms with Gasteiger partial charge in [-0.15, -0.1) is 11.3 Å². The molecule has 1 heterocycles. The molecular formula is C21H27N3O4S2. The van der Waals surface area contributed by atoms with Crippen LogP contribution in [-0.4, -0.2) is 43.0 Å². The maximum Gasteiger partial charge on any atom is 0.242 e. The number of nitrogens with zero attached hydrogens (tertiary/aromatic N) is 2. The van der Waals surface area contributed by atoms with Gasteiger partial charge in [0.15, 0.2) is 10.9 Å². The van der Waals surface area contributed by atoms with Crippen molar-refractivity contribution >= 4 is 38.2 Å². The predicted octanol–water partition coefficient (Wildman–Crippen LogP) is 3.65. The van der Waals surface area contributed by atoms with E-state index in [0.717, 1.165) is 25.0 Å². The molecule has 1 aromatic carbocycles. The summed E-state index contributed by atoms with van der Waals surface area (Å²) in [5.74, 6) is -0.273. The Hall–Kier alpha value is -2.10. The van der Waals surface area contributed by atoms with E-state index >= 15 is 0 Å². The number of aromatic nitrogens is 1. The fourth-order valence-electron chi connectivity index (χ4n) is 3.39. The summed E-state index contributed by atoms with van der Waals surface area (Å²) in [5.41, 5.74) is 1.57. The molecule has 1 aliphatic carbocycles. The van der Waals surface area contributed by atoms with E-state index in [1.54, 1.807) is 11.3 Å². The van der Waals surface area contributed by atoms with Gasteiger partial charge < -0.3 is 5.32 Å². The minimum Gasteiger partial charge on any atom is -0.302 e. The van der Waals surface area contributed by atoms with Crippen LogP contribution in [-0.2, 0) is 27.7 Å². The van der Waals surface area contributed by atoms with Crippen molar-refractivity contribution in [1.29, 1.82) is 0 Å². The number of amides is 1. The molecule has 1 aliphatic rings. The van der Waals surface area contributed by atoms with Crippen LogP contribution in [0.2, 0.25) is 0 Å². The van der Waals surface area contributed by atoms with E-state index in [1.807, 2.05) is 0 Å². The molecule has 0 radical (unpaired) electrons. The van der Waals surface area contributed by atoms with Crippen LogP contribution in [0.1, 0.15) is 60.0 Å². The maximum absolute atomic E-state index is 12.7. The summed E-state index contributed by atoms with van der Waals surface area (Å²) in [6.45, 7) is 1.65. The SMILES string of the molecule is CC(=O)c1ccc(S(=O)(=O)N(C)CCCC(=O)Nc2nc3c(s2)CCCCC3)cc1. The second-order valence-electron chi connectivity index (χ2n) is 7.51. The summed E-state index contributed by atoms with van der Waals surface area (Å²) < 4.78 is 26.5. The lowest BCUT2D eigenvalue weighted by Gasteiger charge is -2.17. The first-order valence-corrected chi connectivity index (χ1v) is 12.4. The summed E-state index contributed by atoms with van der Waals surface area (Å²) >= 11 is 1.55. The van der Waals surface area contributed by atoms with Crippen molar-refractivity contribution in [3.8, 4) is 0 Å². The molecule has 30 heavy (non-hydrogen) atoms. The Labute approximate surface area is 181 Å². The monoisotopic (exact) mass is 449 g/mol. The smallest absolute Gasteiger partial charge is 0.242 e. The second kappa shape index (κ2) is 9.80. The highest BCUT2D eigenvalue weighted by Crippen LogP contribution is 2.29. The van der Waals surface area contributed by atoms with E-state index in [9.17, 15) is 18.0 Å². The van der Waals surface area contributed by atoms with Crippen molar-refractivity contribution < 1.29 is 18.0 Å². The Kier molecular flexibility index (Phi) is 7.38. The molecular weight excluding hydrogens is 422 g/mol. The summed E-state index contributed by atoms with van der Waals surface area (Å²) in [4.78, 5) is 29.5. The third kappa shape index (κ3) is 5.53. The van der Waals surface area contributed by atoms with Crippen molar-refractivity contribution in [3.63, 3.8) is 0 Å². The minimum atomic E-state index is -3.66. The number of fused-ring (bicyclic) bond motifs is 1. The molecule has 9 heteroatoms. The van der Waals surface area contributed by atoms with Crippen LogP contribution < -0.4 is 5.32 Å². The molecule has 0 atom stereocenters. The van der Waals surface area contributed by atoms with E-state index < -0.39 is 10.0 Å². The van der Waals surface area contributed by atoms with Gasteiger partial charge in [-0.1, -0.05) is 18.6 Å². The van der Waals surface area contributed by atoms with Crippen LogP contribution in [0.4, 0.5) is 5.13 Å². The molecule has 1 aromatic heterocycles. The highest BCUT2D eigenvalue weighted by atomic mass is 32.2. The normalized spacial score (nSPS) is 14.2. The van der Waals surface area contributed by atoms with Crippen molar-refractivity contribution in [2.24, 2.45) is 0 Å². The quantitative estimate of drug-likeness (QED) is 0.490. The molecule has 0 saturated heterocycles. The largest absolute Gasteiger partial charge is 0.302 e. The lowest BCUT2D eigenvalue weighted by atomic mass is 10.2. The molecule has 162 valence electrons. The van der Waals surface area contributed by atoms with Crippen molar-refractivity contribution in [3.05, 3.63) is 40.4 Å². The van der Waals surface area contributed by atoms with Crippen LogP contribution in [0.25, 0.3) is 0 Å². The third-order valence-electron chi connectivity index (χ3n) is 5.19. The van der Waals surface area contributed by atoms with Crippen molar-refractivity contribution in [2.75, 3.05) is 18.9 Å². The van der Waals surface area contributed by atoms with Gasteiger partial charge in [0.25, 0.3) is 0 Å². The number of hydrogen-bond donors (Lipinski definition) is 1. The van der Waals surface area contributed by atoms with Gasteiger partial charge in [-0.25, -0.2) is 17.7 Å². The Bertz CT molecular complexity index is 990. The number of benzene rings is 1. The number of hydrogen-bond acceptors (Lipinski definition) is 6. The zero-order valence-electron chi connectivity index (χ0n) is 17.3. The molecule has 7 nitrogen and oxygen atoms in total.